The van der Waals surface area contributed by atoms with Crippen molar-refractivity contribution in [3.8, 4) is 0 Å². The Hall–Kier alpha value is -2.31. The Morgan fingerprint density at radius 1 is 1.12 bits per heavy atom. The van der Waals surface area contributed by atoms with Crippen molar-refractivity contribution in [3.63, 3.8) is 0 Å². The Kier molecular flexibility index (Phi) is 6.09. The van der Waals surface area contributed by atoms with E-state index in [1.165, 1.54) is 0 Å². The van der Waals surface area contributed by atoms with Crippen LogP contribution < -0.4 is 16.2 Å². The van der Waals surface area contributed by atoms with Gasteiger partial charge in [0, 0.05) is 29.2 Å². The quantitative estimate of drug-likeness (QED) is 0.696. The van der Waals surface area contributed by atoms with Crippen molar-refractivity contribution in [2.75, 3.05) is 11.1 Å². The van der Waals surface area contributed by atoms with Crippen molar-refractivity contribution in [1.82, 2.24) is 10.9 Å². The number of amides is 2. The van der Waals surface area contributed by atoms with Crippen molar-refractivity contribution in [2.24, 2.45) is 0 Å². The molecule has 6 heteroatoms. The summed E-state index contributed by atoms with van der Waals surface area (Å²) < 4.78 is 0. The first-order valence-corrected chi connectivity index (χ1v) is 9.32. The molecule has 0 aliphatic carbocycles. The van der Waals surface area contributed by atoms with Crippen molar-refractivity contribution >= 4 is 29.3 Å². The maximum Gasteiger partial charge on any atom is 0.234 e. The van der Waals surface area contributed by atoms with Crippen molar-refractivity contribution in [2.45, 2.75) is 30.2 Å². The van der Waals surface area contributed by atoms with E-state index < -0.39 is 0 Å². The molecule has 1 aliphatic rings. The van der Waals surface area contributed by atoms with Crippen LogP contribution in [0.1, 0.15) is 30.9 Å². The molecule has 0 saturated carbocycles. The Bertz CT molecular complexity index is 726. The molecule has 130 valence electrons. The highest BCUT2D eigenvalue weighted by atomic mass is 32.2. The van der Waals surface area contributed by atoms with Gasteiger partial charge in [-0.2, -0.15) is 0 Å². The van der Waals surface area contributed by atoms with Gasteiger partial charge in [-0.1, -0.05) is 36.4 Å². The molecule has 0 spiro atoms. The van der Waals surface area contributed by atoms with Crippen LogP contribution in [-0.2, 0) is 9.59 Å². The number of para-hydroxylation sites is 1. The zero-order valence-corrected chi connectivity index (χ0v) is 14.6. The molecule has 1 aliphatic heterocycles. The summed E-state index contributed by atoms with van der Waals surface area (Å²) >= 11 is 1.67. The molecular formula is C19H21N3O2S. The van der Waals surface area contributed by atoms with E-state index in [2.05, 4.69) is 16.2 Å². The minimum Gasteiger partial charge on any atom is -0.326 e. The van der Waals surface area contributed by atoms with E-state index >= 15 is 0 Å². The lowest BCUT2D eigenvalue weighted by molar-refractivity contribution is -0.124. The molecule has 1 atom stereocenters. The number of carbonyl (C=O) groups excluding carboxylic acids is 2. The smallest absolute Gasteiger partial charge is 0.234 e. The number of hydrogen-bond acceptors (Lipinski definition) is 4. The molecule has 5 nitrogen and oxygen atoms in total. The molecule has 2 amide bonds. The largest absolute Gasteiger partial charge is 0.326 e. The Morgan fingerprint density at radius 2 is 1.88 bits per heavy atom. The van der Waals surface area contributed by atoms with Crippen LogP contribution in [0.2, 0.25) is 0 Å². The number of hydrogen-bond donors (Lipinski definition) is 3. The second-order valence-electron chi connectivity index (χ2n) is 5.83. The predicted molar refractivity (Wildman–Crippen MR) is 100 cm³/mol. The van der Waals surface area contributed by atoms with Crippen molar-refractivity contribution in [1.29, 1.82) is 0 Å². The predicted octanol–water partition coefficient (Wildman–Crippen LogP) is 3.26. The van der Waals surface area contributed by atoms with E-state index in [0.717, 1.165) is 21.9 Å². The van der Waals surface area contributed by atoms with Gasteiger partial charge in [0.1, 0.15) is 0 Å². The third-order valence-electron chi connectivity index (χ3n) is 4.00. The molecule has 25 heavy (non-hydrogen) atoms. The monoisotopic (exact) mass is 355 g/mol. The SMILES string of the molecule is O=C1CCC(c2ccccc2NC(=O)CCSc2ccccc2)NN1. The summed E-state index contributed by atoms with van der Waals surface area (Å²) in [5.74, 6) is 0.724. The summed E-state index contributed by atoms with van der Waals surface area (Å²) in [5, 5.41) is 3.00. The van der Waals surface area contributed by atoms with Crippen LogP contribution in [0.5, 0.6) is 0 Å². The fraction of sp³-hybridized carbons (Fsp3) is 0.263. The maximum atomic E-state index is 12.3. The molecule has 1 heterocycles. The van der Waals surface area contributed by atoms with Crippen LogP contribution in [0.4, 0.5) is 5.69 Å². The lowest BCUT2D eigenvalue weighted by Crippen LogP contribution is -2.44. The maximum absolute atomic E-state index is 12.3. The van der Waals surface area contributed by atoms with Crippen molar-refractivity contribution < 1.29 is 9.59 Å². The second-order valence-corrected chi connectivity index (χ2v) is 7.00. The minimum atomic E-state index is -0.00398. The first kappa shape index (κ1) is 17.5. The van der Waals surface area contributed by atoms with Gasteiger partial charge in [-0.15, -0.1) is 11.8 Å². The summed E-state index contributed by atoms with van der Waals surface area (Å²) in [4.78, 5) is 24.7. The molecule has 2 aromatic carbocycles. The van der Waals surface area contributed by atoms with Gasteiger partial charge < -0.3 is 5.32 Å². The number of hydrazine groups is 1. The molecule has 3 rings (SSSR count). The molecule has 1 fully saturated rings. The Balaban J connectivity index is 1.55. The summed E-state index contributed by atoms with van der Waals surface area (Å²) in [6, 6.07) is 17.8. The number of anilines is 1. The molecule has 3 N–H and O–H groups in total. The van der Waals surface area contributed by atoms with Crippen LogP contribution in [0.15, 0.2) is 59.5 Å². The third-order valence-corrected chi connectivity index (χ3v) is 5.01. The Morgan fingerprint density at radius 3 is 2.64 bits per heavy atom. The fourth-order valence-corrected chi connectivity index (χ4v) is 3.59. The highest BCUT2D eigenvalue weighted by Gasteiger charge is 2.21. The second kappa shape index (κ2) is 8.69. The van der Waals surface area contributed by atoms with E-state index in [9.17, 15) is 9.59 Å². The van der Waals surface area contributed by atoms with Crippen LogP contribution in [0, 0.1) is 0 Å². The van der Waals surface area contributed by atoms with Gasteiger partial charge in [0.2, 0.25) is 11.8 Å². The van der Waals surface area contributed by atoms with Crippen LogP contribution in [0.3, 0.4) is 0 Å². The van der Waals surface area contributed by atoms with Crippen LogP contribution in [0.25, 0.3) is 0 Å². The topological polar surface area (TPSA) is 70.2 Å². The first-order chi connectivity index (χ1) is 12.2. The number of rotatable bonds is 6. The van der Waals surface area contributed by atoms with Crippen LogP contribution >= 0.6 is 11.8 Å². The summed E-state index contributed by atoms with van der Waals surface area (Å²) in [6.45, 7) is 0. The zero-order chi connectivity index (χ0) is 17.5. The molecule has 1 saturated heterocycles. The van der Waals surface area contributed by atoms with Gasteiger partial charge in [-0.25, -0.2) is 5.43 Å². The summed E-state index contributed by atoms with van der Waals surface area (Å²) in [7, 11) is 0. The van der Waals surface area contributed by atoms with Crippen molar-refractivity contribution in [3.05, 3.63) is 60.2 Å². The number of benzene rings is 2. The Labute approximate surface area is 151 Å². The van der Waals surface area contributed by atoms with Crippen LogP contribution in [-0.4, -0.2) is 17.6 Å². The van der Waals surface area contributed by atoms with Gasteiger partial charge in [0.15, 0.2) is 0 Å². The normalized spacial score (nSPS) is 17.0. The number of thioether (sulfide) groups is 1. The molecule has 0 bridgehead atoms. The van der Waals surface area contributed by atoms with E-state index in [4.69, 9.17) is 0 Å². The molecule has 0 aromatic heterocycles. The fourth-order valence-electron chi connectivity index (χ4n) is 2.72. The third kappa shape index (κ3) is 5.08. The molecule has 0 radical (unpaired) electrons. The lowest BCUT2D eigenvalue weighted by atomic mass is 9.99. The van der Waals surface area contributed by atoms with Gasteiger partial charge in [-0.05, 0) is 30.2 Å². The van der Waals surface area contributed by atoms with Gasteiger partial charge in [0.25, 0.3) is 0 Å². The van der Waals surface area contributed by atoms with Gasteiger partial charge in [-0.3, -0.25) is 15.0 Å². The molecular weight excluding hydrogens is 334 g/mol. The average molecular weight is 355 g/mol. The summed E-state index contributed by atoms with van der Waals surface area (Å²) in [5.41, 5.74) is 7.46. The lowest BCUT2D eigenvalue weighted by Gasteiger charge is -2.26. The zero-order valence-electron chi connectivity index (χ0n) is 13.8. The van der Waals surface area contributed by atoms with E-state index in [-0.39, 0.29) is 17.9 Å². The highest BCUT2D eigenvalue weighted by Crippen LogP contribution is 2.27. The molecule has 2 aromatic rings. The standard InChI is InChI=1S/C19H21N3O2S/c23-18(12-13-25-14-6-2-1-3-7-14)20-16-9-5-4-8-15(16)17-10-11-19(24)22-21-17/h1-9,17,21H,10-13H2,(H,20,23)(H,22,24). The van der Waals surface area contributed by atoms with Gasteiger partial charge >= 0.3 is 0 Å². The number of nitrogens with one attached hydrogen (secondary N) is 3. The summed E-state index contributed by atoms with van der Waals surface area (Å²) in [6.07, 6.45) is 1.64. The first-order valence-electron chi connectivity index (χ1n) is 8.33. The van der Waals surface area contributed by atoms with E-state index in [0.29, 0.717) is 19.3 Å². The minimum absolute atomic E-state index is 0.00396. The highest BCUT2D eigenvalue weighted by molar-refractivity contribution is 7.99. The molecule has 1 unspecified atom stereocenters. The average Bonchev–Trinajstić information content (AvgIpc) is 2.64. The van der Waals surface area contributed by atoms with E-state index in [1.807, 2.05) is 54.6 Å². The van der Waals surface area contributed by atoms with Gasteiger partial charge in [0.05, 0.1) is 6.04 Å². The number of carbonyl (C=O) groups is 2. The van der Waals surface area contributed by atoms with E-state index in [1.54, 1.807) is 11.8 Å².